The van der Waals surface area contributed by atoms with Gasteiger partial charge < -0.3 is 9.80 Å². The highest BCUT2D eigenvalue weighted by molar-refractivity contribution is 7.19. The Balaban J connectivity index is 0.933. The van der Waals surface area contributed by atoms with Crippen LogP contribution >= 0.6 is 34.0 Å². The Labute approximate surface area is 708 Å². The number of para-hydroxylation sites is 4. The first kappa shape index (κ1) is 80.7. The quantitative estimate of drug-likeness (QED) is 0.0353. The van der Waals surface area contributed by atoms with E-state index in [2.05, 4.69) is 318 Å². The average Bonchev–Trinajstić information content (AvgIpc) is 1.48. The molecule has 0 radical (unpaired) electrons. The molecule has 0 amide bonds. The molecule has 0 unspecified atom stereocenters. The van der Waals surface area contributed by atoms with Crippen LogP contribution in [-0.4, -0.2) is 0 Å². The van der Waals surface area contributed by atoms with Crippen molar-refractivity contribution in [1.29, 1.82) is 0 Å². The van der Waals surface area contributed by atoms with Gasteiger partial charge in [-0.15, -0.1) is 34.0 Å². The van der Waals surface area contributed by atoms with Gasteiger partial charge in [0.15, 0.2) is 0 Å². The molecule has 0 aliphatic heterocycles. The van der Waals surface area contributed by atoms with E-state index in [0.29, 0.717) is 0 Å². The van der Waals surface area contributed by atoms with Crippen LogP contribution in [0.5, 0.6) is 0 Å². The van der Waals surface area contributed by atoms with Crippen LogP contribution < -0.4 is 9.80 Å². The normalized spacial score (nSPS) is 13.6. The Morgan fingerprint density at radius 2 is 0.474 bits per heavy atom. The third-order valence-corrected chi connectivity index (χ3v) is 29.8. The maximum Gasteiger partial charge on any atom is 0.0462 e. The minimum absolute atomic E-state index is 0.185. The van der Waals surface area contributed by atoms with Crippen molar-refractivity contribution in [3.8, 4) is 85.6 Å². The fourth-order valence-electron chi connectivity index (χ4n) is 20.9. The fourth-order valence-corrected chi connectivity index (χ4v) is 23.6. The second-order valence-corrected chi connectivity index (χ2v) is 37.2. The molecule has 0 saturated heterocycles. The summed E-state index contributed by atoms with van der Waals surface area (Å²) in [5.74, 6) is 0. The van der Waals surface area contributed by atoms with Crippen molar-refractivity contribution in [2.75, 3.05) is 9.80 Å². The highest BCUT2D eigenvalue weighted by Gasteiger charge is 2.58. The summed E-state index contributed by atoms with van der Waals surface area (Å²) < 4.78 is 0. The molecule has 0 spiro atoms. The Morgan fingerprint density at radius 3 is 0.733 bits per heavy atom. The van der Waals surface area contributed by atoms with Crippen molar-refractivity contribution in [2.24, 2.45) is 0 Å². The first-order valence-corrected chi connectivity index (χ1v) is 47.8. The summed E-state index contributed by atoms with van der Waals surface area (Å²) in [6.45, 7) is 14.5. The van der Waals surface area contributed by atoms with Crippen molar-refractivity contribution in [3.63, 3.8) is 0 Å². The van der Waals surface area contributed by atoms with E-state index in [1.165, 1.54) is 232 Å². The molecular weight excluding hydrogens is 1460 g/mol. The lowest BCUT2D eigenvalue weighted by Crippen LogP contribution is -2.31. The Kier molecular flexibility index (Phi) is 26.2. The lowest BCUT2D eigenvalue weighted by molar-refractivity contribution is 0.389. The number of anilines is 6. The van der Waals surface area contributed by atoms with Crippen LogP contribution in [0.1, 0.15) is 268 Å². The van der Waals surface area contributed by atoms with E-state index in [0.717, 1.165) is 47.0 Å². The van der Waals surface area contributed by atoms with Gasteiger partial charge in [0.05, 0.1) is 0 Å². The van der Waals surface area contributed by atoms with Gasteiger partial charge >= 0.3 is 0 Å². The summed E-state index contributed by atoms with van der Waals surface area (Å²) in [6, 6.07) is 101. The molecule has 3 aromatic heterocycles. The lowest BCUT2D eigenvalue weighted by atomic mass is 9.63. The van der Waals surface area contributed by atoms with Crippen LogP contribution in [-0.2, 0) is 16.2 Å². The van der Waals surface area contributed by atoms with Gasteiger partial charge in [-0.3, -0.25) is 0 Å². The molecule has 16 rings (SSSR count). The van der Waals surface area contributed by atoms with E-state index in [1.807, 2.05) is 34.0 Å². The average molecular weight is 1580 g/mol. The summed E-state index contributed by atoms with van der Waals surface area (Å²) in [5.41, 5.74) is 32.8. The van der Waals surface area contributed by atoms with Crippen LogP contribution in [0, 0.1) is 0 Å². The second kappa shape index (κ2) is 37.7. The Bertz CT molecular complexity index is 5050. The van der Waals surface area contributed by atoms with Gasteiger partial charge in [-0.1, -0.05) is 335 Å². The number of fused-ring (bicyclic) bond motifs is 12. The van der Waals surface area contributed by atoms with Crippen LogP contribution in [0.4, 0.5) is 34.1 Å². The zero-order valence-corrected chi connectivity index (χ0v) is 72.7. The van der Waals surface area contributed by atoms with Gasteiger partial charge in [0, 0.05) is 74.8 Å². The molecule has 594 valence electrons. The predicted molar refractivity (Wildman–Crippen MR) is 508 cm³/mol. The minimum atomic E-state index is -0.221. The number of unbranched alkanes of at least 4 members (excludes halogenated alkanes) is 18. The maximum atomic E-state index is 2.83. The topological polar surface area (TPSA) is 6.48 Å². The van der Waals surface area contributed by atoms with Gasteiger partial charge in [-0.05, 0) is 260 Å². The third kappa shape index (κ3) is 16.1. The van der Waals surface area contributed by atoms with Crippen molar-refractivity contribution in [3.05, 3.63) is 300 Å². The highest BCUT2D eigenvalue weighted by Crippen LogP contribution is 2.72. The molecule has 2 nitrogen and oxygen atoms in total. The molecule has 116 heavy (non-hydrogen) atoms. The smallest absolute Gasteiger partial charge is 0.0462 e. The van der Waals surface area contributed by atoms with Gasteiger partial charge in [-0.25, -0.2) is 0 Å². The number of hydrogen-bond donors (Lipinski definition) is 0. The van der Waals surface area contributed by atoms with Crippen LogP contribution in [0.2, 0.25) is 0 Å². The molecular formula is C111H122N2S3. The first-order chi connectivity index (χ1) is 57.3. The van der Waals surface area contributed by atoms with Crippen LogP contribution in [0.15, 0.2) is 266 Å². The molecule has 10 aromatic carbocycles. The third-order valence-electron chi connectivity index (χ3n) is 26.6. The standard InChI is InChI=1S/C111H122N2S3/c1-7-13-19-37-71-109(72-38-20-14-8-2)95-78-83(98-52-43-77-114-98)57-64-92(95)103-106(109)104-93-65-58-84(101-69-67-99(115-101)81-53-60-90(61-54-81)112(86-44-29-25-30-45-86)87-46-31-26-32-47-87)79-96(93)111(75-41-23-17-11-5,76-42-24-18-12-6)108(104)105-94-66-59-85(80-97(94)110(107(103)105,73-39-21-15-9-3)74-40-22-16-10-4)102-70-68-100(116-102)82-55-62-91(63-56-82)113(88-48-33-27-34-49-88)89-50-35-28-36-51-89/h25-36,43-70,77-80H,7-24,37-42,71-76H2,1-6H3. The summed E-state index contributed by atoms with van der Waals surface area (Å²) in [7, 11) is 0. The minimum Gasteiger partial charge on any atom is -0.311 e. The molecule has 0 saturated carbocycles. The Morgan fingerprint density at radius 1 is 0.224 bits per heavy atom. The number of hydrogen-bond acceptors (Lipinski definition) is 5. The molecule has 3 aliphatic carbocycles. The van der Waals surface area contributed by atoms with E-state index in [1.54, 1.807) is 66.8 Å². The van der Waals surface area contributed by atoms with E-state index in [4.69, 9.17) is 0 Å². The van der Waals surface area contributed by atoms with E-state index in [9.17, 15) is 0 Å². The van der Waals surface area contributed by atoms with Crippen molar-refractivity contribution >= 4 is 68.1 Å². The van der Waals surface area contributed by atoms with Crippen LogP contribution in [0.25, 0.3) is 85.6 Å². The largest absolute Gasteiger partial charge is 0.311 e. The van der Waals surface area contributed by atoms with E-state index >= 15 is 0 Å². The van der Waals surface area contributed by atoms with E-state index < -0.39 is 0 Å². The number of benzene rings is 10. The zero-order chi connectivity index (χ0) is 79.3. The van der Waals surface area contributed by atoms with Gasteiger partial charge in [0.2, 0.25) is 0 Å². The number of thiophene rings is 3. The SMILES string of the molecule is CCCCCCC1(CCCCCC)c2cc(-c3cccs3)ccc2-c2c1c1c(c3c2C(CCCCCC)(CCCCCC)c2cc(-c4ccc(-c5ccc(N(c6ccccc6)c6ccccc6)cc5)s4)ccc2-3)C(CCCCCC)(CCCCCC)c2cc(-c3ccc(-c4ccc(N(c5ccccc5)c5ccccc5)cc4)s3)ccc2-1. The predicted octanol–water partition coefficient (Wildman–Crippen LogP) is 35.8. The molecule has 0 bridgehead atoms. The monoisotopic (exact) mass is 1580 g/mol. The summed E-state index contributed by atoms with van der Waals surface area (Å²) in [6.07, 6.45) is 37.0. The van der Waals surface area contributed by atoms with Crippen LogP contribution in [0.3, 0.4) is 0 Å². The Hall–Kier alpha value is -9.10. The molecule has 3 heterocycles. The molecule has 0 atom stereocenters. The summed E-state index contributed by atoms with van der Waals surface area (Å²) >= 11 is 5.88. The lowest BCUT2D eigenvalue weighted by Gasteiger charge is -2.40. The van der Waals surface area contributed by atoms with Crippen molar-refractivity contribution in [2.45, 2.75) is 250 Å². The molecule has 3 aliphatic rings. The van der Waals surface area contributed by atoms with Crippen molar-refractivity contribution in [1.82, 2.24) is 0 Å². The first-order valence-electron chi connectivity index (χ1n) is 45.2. The fraction of sp³-hybridized carbons (Fsp3) is 0.351. The second-order valence-electron chi connectivity index (χ2n) is 34.1. The summed E-state index contributed by atoms with van der Waals surface area (Å²) in [5, 5.41) is 2.31. The molecule has 13 aromatic rings. The molecule has 0 N–H and O–H groups in total. The van der Waals surface area contributed by atoms with E-state index in [-0.39, 0.29) is 16.2 Å². The van der Waals surface area contributed by atoms with Crippen molar-refractivity contribution < 1.29 is 0 Å². The summed E-state index contributed by atoms with van der Waals surface area (Å²) in [4.78, 5) is 11.5. The highest BCUT2D eigenvalue weighted by atomic mass is 32.1. The van der Waals surface area contributed by atoms with Gasteiger partial charge in [0.25, 0.3) is 0 Å². The number of rotatable bonds is 41. The molecule has 5 heteroatoms. The number of nitrogens with zero attached hydrogens (tertiary/aromatic N) is 2. The maximum absolute atomic E-state index is 2.83. The zero-order valence-electron chi connectivity index (χ0n) is 70.2. The van der Waals surface area contributed by atoms with Gasteiger partial charge in [0.1, 0.15) is 0 Å². The van der Waals surface area contributed by atoms with Gasteiger partial charge in [-0.2, -0.15) is 0 Å². The molecule has 0 fully saturated rings.